The van der Waals surface area contributed by atoms with Gasteiger partial charge < -0.3 is 45.4 Å². The number of nitrogens with one attached hydrogen (secondary N) is 7. The number of benzene rings is 3. The maximum Gasteiger partial charge on any atom is 0.511 e. The number of fused-ring (bicyclic) bond motifs is 3. The summed E-state index contributed by atoms with van der Waals surface area (Å²) >= 11 is 8.81. The molecule has 58 heteroatoms. The Morgan fingerprint density at radius 1 is 0.455 bits per heavy atom. The van der Waals surface area contributed by atoms with Crippen molar-refractivity contribution in [2.45, 2.75) is 157 Å². The molecule has 6 atom stereocenters. The number of nitrogens with zero attached hydrogens (tertiary/aromatic N) is 11. The number of rotatable bonds is 18. The van der Waals surface area contributed by atoms with E-state index in [0.29, 0.717) is 139 Å². The van der Waals surface area contributed by atoms with Crippen LogP contribution in [-0.4, -0.2) is 251 Å². The number of hydrogen-bond donors (Lipinski definition) is 8. The van der Waals surface area contributed by atoms with E-state index in [0.717, 1.165) is 70.8 Å². The Morgan fingerprint density at radius 3 is 1.16 bits per heavy atom. The van der Waals surface area contributed by atoms with Crippen molar-refractivity contribution in [3.05, 3.63) is 94.1 Å². The predicted molar refractivity (Wildman–Crippen MR) is 462 cm³/mol. The first kappa shape index (κ1) is 115. The van der Waals surface area contributed by atoms with Crippen LogP contribution in [0, 0.1) is 64.3 Å². The number of amides is 2. The Labute approximate surface area is 775 Å². The van der Waals surface area contributed by atoms with Gasteiger partial charge in [0.05, 0.1) is 26.6 Å². The Hall–Kier alpha value is -7.75. The number of alkyl halides is 15. The van der Waals surface area contributed by atoms with E-state index in [-0.39, 0.29) is 98.0 Å². The molecule has 0 radical (unpaired) electrons. The van der Waals surface area contributed by atoms with Crippen LogP contribution in [0.15, 0.2) is 65.9 Å². The first-order chi connectivity index (χ1) is 61.9. The largest absolute Gasteiger partial charge is 0.511 e. The molecule has 0 spiro atoms. The van der Waals surface area contributed by atoms with E-state index in [1.165, 1.54) is 54.2 Å². The highest BCUT2D eigenvalue weighted by Crippen LogP contribution is 2.35. The molecule has 9 N–H and O–H groups in total. The minimum Gasteiger partial charge on any atom is -0.444 e. The van der Waals surface area contributed by atoms with E-state index in [2.05, 4.69) is 56.5 Å². The smallest absolute Gasteiger partial charge is 0.444 e. The Balaban J connectivity index is 0.000000245. The van der Waals surface area contributed by atoms with Crippen molar-refractivity contribution in [1.29, 1.82) is 5.26 Å². The molecule has 0 aliphatic carbocycles. The number of piperidine rings is 6. The van der Waals surface area contributed by atoms with Crippen LogP contribution >= 0.6 is 27.5 Å². The topological polar surface area (TPSA) is 448 Å². The highest BCUT2D eigenvalue weighted by Gasteiger charge is 2.50. The van der Waals surface area contributed by atoms with Crippen molar-refractivity contribution in [3.63, 3.8) is 0 Å². The number of nitriles is 1. The van der Waals surface area contributed by atoms with Crippen molar-refractivity contribution >= 4 is 134 Å². The average Bonchev–Trinajstić information content (AvgIpc) is 0.782. The molecule has 6 fully saturated rings. The van der Waals surface area contributed by atoms with E-state index in [9.17, 15) is 131 Å². The van der Waals surface area contributed by atoms with Gasteiger partial charge in [0.2, 0.25) is 0 Å². The lowest BCUT2D eigenvalue weighted by molar-refractivity contribution is -0.0455. The minimum atomic E-state index is -5.40. The Bertz CT molecular complexity index is 5470. The van der Waals surface area contributed by atoms with Crippen LogP contribution in [0.5, 0.6) is 0 Å². The fourth-order valence-corrected chi connectivity index (χ4v) is 17.4. The summed E-state index contributed by atoms with van der Waals surface area (Å²) in [5, 5.41) is 16.6. The monoisotopic (exact) mass is 2120 g/mol. The molecule has 3 aromatic heterocycles. The minimum absolute atomic E-state index is 0.0594. The third-order valence-corrected chi connectivity index (χ3v) is 27.2. The summed E-state index contributed by atoms with van der Waals surface area (Å²) in [5.74, 6) is -1.42. The van der Waals surface area contributed by atoms with Gasteiger partial charge in [-0.25, -0.2) is 118 Å². The van der Waals surface area contributed by atoms with Crippen molar-refractivity contribution in [2.75, 3.05) is 128 Å². The normalized spacial score (nSPS) is 19.9. The second kappa shape index (κ2) is 49.2. The van der Waals surface area contributed by atoms with Crippen LogP contribution in [0.4, 0.5) is 100 Å². The highest BCUT2D eigenvalue weighted by molar-refractivity contribution is 9.10. The maximum atomic E-state index is 14.0. The SMILES string of the molecule is CC(C)(C)OC(=O)N1CCCC(CN)C1.CC(C)(C)OC(=O)N1CCCC(CNS(=O)(=O)C(F)(F)F)C1.Fc1cc2c(Cl)ncnc2cc1Br.N#Cc1cc2ncnc(N3CCCC(CNS(=O)(=O)C(F)(F)F)C3)c2cc1F.O=S(=O)(NCC1CCCN(c2ncnc3ccc(F)cc23)C1)C(F)(F)F.O=S(=O)(NCC1CCCNC1)C(F)(F)F.O=S(=O)(NCC1CCCNC1)C(F)(F)F. The van der Waals surface area contributed by atoms with Crippen molar-refractivity contribution in [1.82, 2.24) is 73.9 Å². The number of halogens is 20. The second-order valence-corrected chi connectivity index (χ2v) is 43.4. The molecule has 6 aromatic rings. The summed E-state index contributed by atoms with van der Waals surface area (Å²) in [7, 11) is -26.5. The molecule has 134 heavy (non-hydrogen) atoms. The lowest BCUT2D eigenvalue weighted by Gasteiger charge is -2.34. The fourth-order valence-electron chi connectivity index (χ4n) is 13.8. The van der Waals surface area contributed by atoms with E-state index in [1.807, 2.05) is 25.7 Å². The molecule has 6 unspecified atom stereocenters. The van der Waals surface area contributed by atoms with Crippen molar-refractivity contribution in [2.24, 2.45) is 41.2 Å². The lowest BCUT2D eigenvalue weighted by atomic mass is 9.98. The summed E-state index contributed by atoms with van der Waals surface area (Å²) in [5.41, 5.74) is -20.5. The number of sulfonamides is 5. The maximum absolute atomic E-state index is 14.0. The van der Waals surface area contributed by atoms with Crippen LogP contribution in [0.2, 0.25) is 5.15 Å². The van der Waals surface area contributed by atoms with Gasteiger partial charge in [0.1, 0.15) is 70.5 Å². The van der Waals surface area contributed by atoms with Gasteiger partial charge in [0, 0.05) is 101 Å². The summed E-state index contributed by atoms with van der Waals surface area (Å²) in [6, 6.07) is 11.2. The van der Waals surface area contributed by atoms with Gasteiger partial charge in [0.25, 0.3) is 0 Å². The summed E-state index contributed by atoms with van der Waals surface area (Å²) < 4.78 is 352. The summed E-state index contributed by atoms with van der Waals surface area (Å²) in [6.45, 7) is 16.7. The first-order valence-electron chi connectivity index (χ1n) is 41.2. The molecule has 3 aromatic carbocycles. The third kappa shape index (κ3) is 36.2. The van der Waals surface area contributed by atoms with E-state index in [4.69, 9.17) is 32.1 Å². The zero-order chi connectivity index (χ0) is 101. The van der Waals surface area contributed by atoms with Gasteiger partial charge in [0.15, 0.2) is 0 Å². The Kier molecular flexibility index (Phi) is 42.2. The molecule has 6 aliphatic rings. The van der Waals surface area contributed by atoms with E-state index >= 15 is 0 Å². The van der Waals surface area contributed by atoms with Crippen molar-refractivity contribution in [3.8, 4) is 6.07 Å². The molecular formula is C76H103BrClF18N19O14S5. The zero-order valence-electron chi connectivity index (χ0n) is 72.8. The second-order valence-electron chi connectivity index (χ2n) is 33.4. The highest BCUT2D eigenvalue weighted by atomic mass is 79.9. The molecule has 756 valence electrons. The summed E-state index contributed by atoms with van der Waals surface area (Å²) in [4.78, 5) is 54.5. The number of nitrogens with two attached hydrogens (primary N) is 1. The first-order valence-corrected chi connectivity index (χ1v) is 49.8. The van der Waals surface area contributed by atoms with Gasteiger partial charge >= 0.3 is 89.8 Å². The van der Waals surface area contributed by atoms with Gasteiger partial charge in [-0.1, -0.05) is 11.6 Å². The average molecular weight is 2120 g/mol. The van der Waals surface area contributed by atoms with Gasteiger partial charge in [-0.2, -0.15) is 71.1 Å². The fraction of sp³-hybridized carbons (Fsp3) is 0.645. The molecule has 0 bridgehead atoms. The van der Waals surface area contributed by atoms with Gasteiger partial charge in [-0.05, 0) is 245 Å². The van der Waals surface area contributed by atoms with E-state index < -0.39 is 107 Å². The number of carbonyl (C=O) groups is 2. The number of aromatic nitrogens is 6. The van der Waals surface area contributed by atoms with E-state index in [1.54, 1.807) is 66.3 Å². The summed E-state index contributed by atoms with van der Waals surface area (Å²) in [6.07, 6.45) is 12.0. The molecule has 0 saturated carbocycles. The number of likely N-dealkylation sites (tertiary alicyclic amines) is 2. The molecule has 12 rings (SSSR count). The van der Waals surface area contributed by atoms with Crippen LogP contribution in [-0.2, 0) is 59.6 Å². The number of carbonyl (C=O) groups excluding carboxylic acids is 2. The van der Waals surface area contributed by atoms with Crippen LogP contribution < -0.4 is 49.8 Å². The number of ether oxygens (including phenoxy) is 2. The van der Waals surface area contributed by atoms with Crippen LogP contribution in [0.3, 0.4) is 0 Å². The van der Waals surface area contributed by atoms with Crippen LogP contribution in [0.25, 0.3) is 32.7 Å². The molecule has 6 aliphatic heterocycles. The van der Waals surface area contributed by atoms with Gasteiger partial charge in [-0.3, -0.25) is 0 Å². The lowest BCUT2D eigenvalue weighted by Crippen LogP contribution is -2.46. The third-order valence-electron chi connectivity index (χ3n) is 20.5. The van der Waals surface area contributed by atoms with Crippen molar-refractivity contribution < 1.29 is 140 Å². The van der Waals surface area contributed by atoms with Crippen LogP contribution in [0.1, 0.15) is 124 Å². The molecule has 6 saturated heterocycles. The molecule has 33 nitrogen and oxygen atoms in total. The zero-order valence-corrected chi connectivity index (χ0v) is 79.2. The predicted octanol–water partition coefficient (Wildman–Crippen LogP) is 12.4. The standard InChI is InChI=1S/C16H15F4N5O2S.C15H16F4N4O2S.C12H21F3N2O4S.C11H22N2O2.C8H3BrClFN2.2C7H13F3N2O2S/c17-13-5-12-14(4-11(13)6-21)22-9-23-15(12)25-3-1-2-10(8-25)7-24-28(26,27)16(18,19)20;16-11-3-4-13-12(6-11)14(21-9-20-13)23-5-1-2-10(8-23)7-22-26(24,25)15(17,18)19;1-11(2,3)21-10(18)17-6-4-5-9(8-17)7-16-22(19,20)12(13,14)15;1-11(2,3)15-10(14)13-6-4-5-9(7-12)8-13;9-5-2-7-4(1-6(5)11)8(10)13-3-12-7;2*8-7(9,10)15(13,14)12-5-6-2-1-3-11-4-6/h4-5,9-10,24H,1-3,7-8H2;3-4,6,9-10,22H,1-2,5,7-8H2;9,16H,4-8H2,1-3H3;9H,4-8,12H2,1-3H3;1-3H;2*6,11-12H,1-5H2. The molecular weight excluding hydrogens is 2020 g/mol. The molecule has 9 heterocycles. The number of hydrogen-bond acceptors (Lipinski definition) is 26. The molecule has 2 amide bonds. The van der Waals surface area contributed by atoms with Gasteiger partial charge in [-0.15, -0.1) is 0 Å². The number of anilines is 2. The Morgan fingerprint density at radius 2 is 0.791 bits per heavy atom. The quantitative estimate of drug-likeness (QED) is 0.0293.